The first kappa shape index (κ1) is 9.44. The summed E-state index contributed by atoms with van der Waals surface area (Å²) >= 11 is 0. The predicted octanol–water partition coefficient (Wildman–Crippen LogP) is 1.33. The van der Waals surface area contributed by atoms with Crippen LogP contribution < -0.4 is 0 Å². The first-order chi connectivity index (χ1) is 6.74. The largest absolute Gasteiger partial charge is 0.468 e. The summed E-state index contributed by atoms with van der Waals surface area (Å²) < 4.78 is 4.67. The Bertz CT molecular complexity index is 293. The molecular weight excluding hydrogens is 180 g/mol. The van der Waals surface area contributed by atoms with Gasteiger partial charge >= 0.3 is 5.97 Å². The van der Waals surface area contributed by atoms with E-state index in [9.17, 15) is 9.59 Å². The number of methoxy groups -OCH3 is 1. The number of ether oxygens (including phenoxy) is 1. The molecule has 14 heavy (non-hydrogen) atoms. The summed E-state index contributed by atoms with van der Waals surface area (Å²) in [6.07, 6.45) is 6.50. The maximum absolute atomic E-state index is 11.6. The number of ketones is 1. The molecular formula is C11H14O3. The number of carbonyl (C=O) groups is 2. The number of fused-ring (bicyclic) bond motifs is 1. The number of hydrogen-bond donors (Lipinski definition) is 0. The highest BCUT2D eigenvalue weighted by Gasteiger charge is 2.46. The van der Waals surface area contributed by atoms with E-state index >= 15 is 0 Å². The van der Waals surface area contributed by atoms with Crippen LogP contribution in [0.15, 0.2) is 12.2 Å². The van der Waals surface area contributed by atoms with Crippen molar-refractivity contribution in [2.24, 2.45) is 17.8 Å². The molecule has 0 radical (unpaired) electrons. The van der Waals surface area contributed by atoms with E-state index in [0.717, 1.165) is 12.8 Å². The second-order valence-electron chi connectivity index (χ2n) is 4.04. The van der Waals surface area contributed by atoms with Gasteiger partial charge < -0.3 is 4.74 Å². The van der Waals surface area contributed by atoms with E-state index in [1.54, 1.807) is 0 Å². The lowest BCUT2D eigenvalue weighted by molar-refractivity contribution is -0.149. The molecule has 3 heteroatoms. The van der Waals surface area contributed by atoms with E-state index in [4.69, 9.17) is 0 Å². The van der Waals surface area contributed by atoms with Crippen molar-refractivity contribution in [1.29, 1.82) is 0 Å². The van der Waals surface area contributed by atoms with Crippen LogP contribution in [0.5, 0.6) is 0 Å². The van der Waals surface area contributed by atoms with Crippen LogP contribution in [0, 0.1) is 17.8 Å². The van der Waals surface area contributed by atoms with Gasteiger partial charge in [0.1, 0.15) is 11.7 Å². The molecule has 3 nitrogen and oxygen atoms in total. The van der Waals surface area contributed by atoms with Gasteiger partial charge in [-0.15, -0.1) is 0 Å². The van der Waals surface area contributed by atoms with Crippen molar-refractivity contribution in [3.05, 3.63) is 12.2 Å². The molecule has 1 unspecified atom stereocenters. The van der Waals surface area contributed by atoms with Gasteiger partial charge in [-0.2, -0.15) is 0 Å². The average molecular weight is 194 g/mol. The highest BCUT2D eigenvalue weighted by Crippen LogP contribution is 2.41. The number of Topliss-reactive ketones (excluding diaryl/α,β-unsaturated/α-hetero) is 1. The van der Waals surface area contributed by atoms with Gasteiger partial charge in [-0.1, -0.05) is 12.2 Å². The quantitative estimate of drug-likeness (QED) is 0.359. The van der Waals surface area contributed by atoms with Crippen LogP contribution in [0.3, 0.4) is 0 Å². The normalized spacial score (nSPS) is 35.5. The number of allylic oxidation sites excluding steroid dienone is 2. The summed E-state index contributed by atoms with van der Waals surface area (Å²) in [6.45, 7) is 0. The van der Waals surface area contributed by atoms with E-state index < -0.39 is 5.92 Å². The fourth-order valence-corrected chi connectivity index (χ4v) is 2.59. The summed E-state index contributed by atoms with van der Waals surface area (Å²) in [5, 5.41) is 0. The first-order valence-electron chi connectivity index (χ1n) is 4.99. The zero-order valence-corrected chi connectivity index (χ0v) is 8.23. The molecule has 0 aliphatic heterocycles. The van der Waals surface area contributed by atoms with Crippen molar-refractivity contribution in [3.63, 3.8) is 0 Å². The molecule has 1 saturated carbocycles. The zero-order valence-electron chi connectivity index (χ0n) is 8.23. The number of rotatable bonds is 1. The summed E-state index contributed by atoms with van der Waals surface area (Å²) in [5.41, 5.74) is 0. The van der Waals surface area contributed by atoms with Crippen LogP contribution >= 0.6 is 0 Å². The molecule has 2 rings (SSSR count). The van der Waals surface area contributed by atoms with E-state index in [-0.39, 0.29) is 17.7 Å². The van der Waals surface area contributed by atoms with Crippen LogP contribution in [-0.2, 0) is 14.3 Å². The van der Waals surface area contributed by atoms with Gasteiger partial charge in [-0.3, -0.25) is 9.59 Å². The van der Waals surface area contributed by atoms with E-state index in [0.29, 0.717) is 12.3 Å². The smallest absolute Gasteiger partial charge is 0.316 e. The molecule has 0 aromatic heterocycles. The van der Waals surface area contributed by atoms with Crippen molar-refractivity contribution >= 4 is 11.8 Å². The Kier molecular flexibility index (Phi) is 2.40. The molecule has 0 aromatic rings. The average Bonchev–Trinajstić information content (AvgIpc) is 2.53. The van der Waals surface area contributed by atoms with E-state index in [1.165, 1.54) is 7.11 Å². The van der Waals surface area contributed by atoms with Crippen LogP contribution in [0.25, 0.3) is 0 Å². The predicted molar refractivity (Wildman–Crippen MR) is 50.5 cm³/mol. The maximum Gasteiger partial charge on any atom is 0.316 e. The Morgan fingerprint density at radius 2 is 2.14 bits per heavy atom. The van der Waals surface area contributed by atoms with Crippen LogP contribution in [-0.4, -0.2) is 18.9 Å². The molecule has 0 amide bonds. The second-order valence-corrected chi connectivity index (χ2v) is 4.04. The second kappa shape index (κ2) is 3.56. The molecule has 1 fully saturated rings. The Hall–Kier alpha value is -1.12. The molecule has 76 valence electrons. The van der Waals surface area contributed by atoms with Crippen molar-refractivity contribution in [3.8, 4) is 0 Å². The minimum Gasteiger partial charge on any atom is -0.468 e. The Labute approximate surface area is 83.1 Å². The lowest BCUT2D eigenvalue weighted by atomic mass is 9.81. The minimum absolute atomic E-state index is 0.0653. The lowest BCUT2D eigenvalue weighted by Crippen LogP contribution is -2.28. The topological polar surface area (TPSA) is 43.4 Å². The molecule has 2 aliphatic rings. The lowest BCUT2D eigenvalue weighted by Gasteiger charge is -2.23. The Morgan fingerprint density at radius 3 is 2.86 bits per heavy atom. The minimum atomic E-state index is -0.491. The van der Waals surface area contributed by atoms with Gasteiger partial charge in [0.15, 0.2) is 0 Å². The SMILES string of the molecule is COC(=O)C1C(=O)C[C@H]2CC=CC[C@@H]12. The molecule has 0 aromatic carbocycles. The molecule has 3 atom stereocenters. The Balaban J connectivity index is 2.19. The third-order valence-corrected chi connectivity index (χ3v) is 3.31. The van der Waals surface area contributed by atoms with Crippen molar-refractivity contribution in [1.82, 2.24) is 0 Å². The van der Waals surface area contributed by atoms with Crippen molar-refractivity contribution < 1.29 is 14.3 Å². The van der Waals surface area contributed by atoms with Gasteiger partial charge in [0.25, 0.3) is 0 Å². The maximum atomic E-state index is 11.6. The van der Waals surface area contributed by atoms with Crippen molar-refractivity contribution in [2.75, 3.05) is 7.11 Å². The molecule has 0 heterocycles. The number of esters is 1. The van der Waals surface area contributed by atoms with Crippen LogP contribution in [0.4, 0.5) is 0 Å². The van der Waals surface area contributed by atoms with Gasteiger partial charge in [-0.25, -0.2) is 0 Å². The van der Waals surface area contributed by atoms with Gasteiger partial charge in [-0.05, 0) is 24.7 Å². The van der Waals surface area contributed by atoms with Crippen LogP contribution in [0.2, 0.25) is 0 Å². The third-order valence-electron chi connectivity index (χ3n) is 3.31. The highest BCUT2D eigenvalue weighted by molar-refractivity contribution is 6.01. The first-order valence-corrected chi connectivity index (χ1v) is 4.99. The molecule has 0 spiro atoms. The highest BCUT2D eigenvalue weighted by atomic mass is 16.5. The fourth-order valence-electron chi connectivity index (χ4n) is 2.59. The Morgan fingerprint density at radius 1 is 1.43 bits per heavy atom. The monoisotopic (exact) mass is 194 g/mol. The summed E-state index contributed by atoms with van der Waals surface area (Å²) in [7, 11) is 1.35. The summed E-state index contributed by atoms with van der Waals surface area (Å²) in [4.78, 5) is 23.0. The third kappa shape index (κ3) is 1.37. The van der Waals surface area contributed by atoms with Gasteiger partial charge in [0.2, 0.25) is 0 Å². The number of hydrogen-bond acceptors (Lipinski definition) is 3. The van der Waals surface area contributed by atoms with Gasteiger partial charge in [0.05, 0.1) is 7.11 Å². The van der Waals surface area contributed by atoms with Gasteiger partial charge in [0, 0.05) is 6.42 Å². The summed E-state index contributed by atoms with van der Waals surface area (Å²) in [6, 6.07) is 0. The van der Waals surface area contributed by atoms with Crippen molar-refractivity contribution in [2.45, 2.75) is 19.3 Å². The fraction of sp³-hybridized carbons (Fsp3) is 0.636. The summed E-state index contributed by atoms with van der Waals surface area (Å²) in [5.74, 6) is -0.208. The van der Waals surface area contributed by atoms with Crippen LogP contribution in [0.1, 0.15) is 19.3 Å². The van der Waals surface area contributed by atoms with E-state index in [1.807, 2.05) is 0 Å². The molecule has 0 saturated heterocycles. The molecule has 2 aliphatic carbocycles. The molecule has 0 bridgehead atoms. The standard InChI is InChI=1S/C11H14O3/c1-14-11(13)10-8-5-3-2-4-7(8)6-9(10)12/h2-3,7-8,10H,4-6H2,1H3/t7-,8-,10?/m1/s1. The van der Waals surface area contributed by atoms with E-state index in [2.05, 4.69) is 16.9 Å². The number of carbonyl (C=O) groups excluding carboxylic acids is 2. The molecule has 0 N–H and O–H groups in total. The zero-order chi connectivity index (χ0) is 10.1.